The molecule has 7 N–H and O–H groups in total. The van der Waals surface area contributed by atoms with Crippen molar-refractivity contribution in [3.8, 4) is 23.0 Å². The Hall–Kier alpha value is -3.28. The molecule has 0 spiro atoms. The zero-order valence-corrected chi connectivity index (χ0v) is 31.2. The highest BCUT2D eigenvalue weighted by atomic mass is 16.5. The van der Waals surface area contributed by atoms with Crippen LogP contribution in [0.1, 0.15) is 142 Å². The molecular formula is C43H58NO9-. The number of phenolic OH excluding ortho intramolecular Hbond substituents is 2. The summed E-state index contributed by atoms with van der Waals surface area (Å²) < 4.78 is 12.5. The lowest BCUT2D eigenvalue weighted by Gasteiger charge is -2.46. The molecule has 0 radical (unpaired) electrons. The fourth-order valence-electron chi connectivity index (χ4n) is 10.6. The Kier molecular flexibility index (Phi) is 11.4. The van der Waals surface area contributed by atoms with Crippen LogP contribution in [0.3, 0.4) is 0 Å². The third-order valence-electron chi connectivity index (χ3n) is 13.5. The van der Waals surface area contributed by atoms with Crippen LogP contribution in [0, 0.1) is 17.8 Å². The predicted octanol–water partition coefficient (Wildman–Crippen LogP) is 6.59. The number of hydrogen-bond donors (Lipinski definition) is 7. The van der Waals surface area contributed by atoms with Crippen LogP contribution >= 0.6 is 0 Å². The fraction of sp³-hybridized carbons (Fsp3) is 0.628. The van der Waals surface area contributed by atoms with Gasteiger partial charge in [-0.1, -0.05) is 49.9 Å². The topological polar surface area (TPSA) is 174 Å². The van der Waals surface area contributed by atoms with Crippen molar-refractivity contribution in [1.82, 2.24) is 4.98 Å². The Bertz CT molecular complexity index is 1700. The molecule has 2 heterocycles. The van der Waals surface area contributed by atoms with Gasteiger partial charge in [0.15, 0.2) is 11.5 Å². The molecule has 0 amide bonds. The van der Waals surface area contributed by atoms with Crippen molar-refractivity contribution in [2.45, 2.75) is 145 Å². The third-order valence-corrected chi connectivity index (χ3v) is 13.5. The molecule has 2 aromatic carbocycles. The number of hydrogen-bond acceptors (Lipinski definition) is 9. The zero-order valence-electron chi connectivity index (χ0n) is 31.2. The largest absolute Gasteiger partial charge is 0.670 e. The van der Waals surface area contributed by atoms with Crippen molar-refractivity contribution in [2.75, 3.05) is 7.11 Å². The molecule has 3 aliphatic carbocycles. The van der Waals surface area contributed by atoms with Gasteiger partial charge in [0.25, 0.3) is 0 Å². The zero-order chi connectivity index (χ0) is 37.4. The highest BCUT2D eigenvalue weighted by Crippen LogP contribution is 2.53. The highest BCUT2D eigenvalue weighted by Gasteiger charge is 2.45. The molecule has 10 nitrogen and oxygen atoms in total. The van der Waals surface area contributed by atoms with Crippen molar-refractivity contribution in [3.05, 3.63) is 70.0 Å². The number of aromatic hydroxyl groups is 3. The molecule has 290 valence electrons. The standard InChI is InChI=1S/C43H58NO9/c1-24-5-8-28(35(47)11-15-43(51)13-3-4-14-43)30(17-24)31-19-26(7-10-34(31)46)27-6-9-29-36(48)21-38(53-37(29)20-27)39-32(18-25-12-16-44-22-25)42(52-2)41(50)40(49)33(39)23-45/h7,10,12,16,19,22,24,27-30,35-38,45-51H,3-6,8-9,11,13-15,17-18,20-21,23H2,1-2H3/q-1/t24-,27+,28+,29-,30-,35-,36+,37+,38+/m1/s1. The van der Waals surface area contributed by atoms with E-state index in [4.69, 9.17) is 9.47 Å². The number of aliphatic hydroxyl groups excluding tert-OH is 3. The number of rotatable bonds is 11. The minimum Gasteiger partial charge on any atom is -0.670 e. The number of ether oxygens (including phenoxy) is 2. The number of aliphatic hydroxyl groups is 4. The van der Waals surface area contributed by atoms with Crippen LogP contribution in [-0.2, 0) is 17.8 Å². The van der Waals surface area contributed by atoms with Gasteiger partial charge < -0.3 is 50.2 Å². The quantitative estimate of drug-likeness (QED) is 0.107. The first-order valence-corrected chi connectivity index (χ1v) is 19.9. The second-order valence-corrected chi connectivity index (χ2v) is 16.8. The molecule has 4 aliphatic rings. The van der Waals surface area contributed by atoms with Crippen LogP contribution < -0.4 is 9.72 Å². The van der Waals surface area contributed by atoms with E-state index in [-0.39, 0.29) is 53.3 Å². The van der Waals surface area contributed by atoms with Crippen molar-refractivity contribution < 1.29 is 45.2 Å². The molecule has 7 rings (SSSR count). The summed E-state index contributed by atoms with van der Waals surface area (Å²) >= 11 is 0. The SMILES string of the molecule is COc1c(O)c(O)c(CO)c([C@@H]2C[C@H](O)[C@H]3CC[C@H](c4ccc(O)c([C@@H]5C[C@H](C)CC[C@@H]5[C@H](O)CCC5(O)CCCC5)c4)C[C@@H]3O2)c1Cc1cc[n-]c1. The van der Waals surface area contributed by atoms with Crippen LogP contribution in [0.5, 0.6) is 23.0 Å². The van der Waals surface area contributed by atoms with Crippen LogP contribution in [0.15, 0.2) is 36.7 Å². The van der Waals surface area contributed by atoms with Gasteiger partial charge in [0.1, 0.15) is 5.75 Å². The van der Waals surface area contributed by atoms with E-state index in [1.165, 1.54) is 7.11 Å². The average Bonchev–Trinajstić information content (AvgIpc) is 3.84. The van der Waals surface area contributed by atoms with E-state index >= 15 is 0 Å². The second-order valence-electron chi connectivity index (χ2n) is 16.8. The van der Waals surface area contributed by atoms with Crippen LogP contribution in [0.4, 0.5) is 0 Å². The Morgan fingerprint density at radius 3 is 2.49 bits per heavy atom. The normalized spacial score (nSPS) is 30.5. The number of fused-ring (bicyclic) bond motifs is 1. The van der Waals surface area contributed by atoms with Crippen molar-refractivity contribution >= 4 is 0 Å². The van der Waals surface area contributed by atoms with E-state index in [0.717, 1.165) is 74.5 Å². The first-order chi connectivity index (χ1) is 25.5. The monoisotopic (exact) mass is 732 g/mol. The average molecular weight is 733 g/mol. The lowest BCUT2D eigenvalue weighted by molar-refractivity contribution is -0.154. The molecule has 4 fully saturated rings. The van der Waals surface area contributed by atoms with Gasteiger partial charge in [-0.25, -0.2) is 0 Å². The van der Waals surface area contributed by atoms with E-state index in [0.29, 0.717) is 42.7 Å². The van der Waals surface area contributed by atoms with Gasteiger partial charge in [-0.15, -0.1) is 0 Å². The highest BCUT2D eigenvalue weighted by molar-refractivity contribution is 5.64. The molecule has 3 aromatic rings. The number of nitrogens with zero attached hydrogens (tertiary/aromatic N) is 1. The van der Waals surface area contributed by atoms with Gasteiger partial charge >= 0.3 is 0 Å². The molecular weight excluding hydrogens is 674 g/mol. The van der Waals surface area contributed by atoms with Crippen molar-refractivity contribution in [2.24, 2.45) is 17.8 Å². The van der Waals surface area contributed by atoms with E-state index in [1.807, 2.05) is 12.1 Å². The van der Waals surface area contributed by atoms with Crippen LogP contribution in [0.25, 0.3) is 0 Å². The maximum Gasteiger partial charge on any atom is 0.201 e. The summed E-state index contributed by atoms with van der Waals surface area (Å²) in [5, 5.41) is 77.8. The summed E-state index contributed by atoms with van der Waals surface area (Å²) in [5.74, 6) is -0.0501. The molecule has 1 aromatic heterocycles. The van der Waals surface area contributed by atoms with Gasteiger partial charge in [-0.05, 0) is 111 Å². The van der Waals surface area contributed by atoms with E-state index in [1.54, 1.807) is 18.5 Å². The van der Waals surface area contributed by atoms with E-state index < -0.39 is 42.0 Å². The van der Waals surface area contributed by atoms with E-state index in [9.17, 15) is 35.7 Å². The Balaban J connectivity index is 1.14. The molecule has 3 saturated carbocycles. The predicted molar refractivity (Wildman–Crippen MR) is 199 cm³/mol. The van der Waals surface area contributed by atoms with Gasteiger partial charge in [-0.3, -0.25) is 0 Å². The summed E-state index contributed by atoms with van der Waals surface area (Å²) in [6.07, 6.45) is 11.7. The molecule has 0 unspecified atom stereocenters. The number of phenols is 3. The number of aromatic nitrogens is 1. The molecule has 10 heteroatoms. The Morgan fingerprint density at radius 2 is 1.77 bits per heavy atom. The summed E-state index contributed by atoms with van der Waals surface area (Å²) in [5.41, 5.74) is 3.43. The van der Waals surface area contributed by atoms with Crippen molar-refractivity contribution in [1.29, 1.82) is 0 Å². The summed E-state index contributed by atoms with van der Waals surface area (Å²) in [4.78, 5) is 4.17. The lowest BCUT2D eigenvalue weighted by Crippen LogP contribution is -2.44. The second kappa shape index (κ2) is 15.8. The molecule has 9 atom stereocenters. The van der Waals surface area contributed by atoms with Gasteiger partial charge in [0, 0.05) is 23.5 Å². The smallest absolute Gasteiger partial charge is 0.201 e. The van der Waals surface area contributed by atoms with Gasteiger partial charge in [0.2, 0.25) is 5.75 Å². The van der Waals surface area contributed by atoms with Crippen molar-refractivity contribution in [3.63, 3.8) is 0 Å². The minimum atomic E-state index is -0.676. The van der Waals surface area contributed by atoms with Gasteiger partial charge in [-0.2, -0.15) is 12.4 Å². The Morgan fingerprint density at radius 1 is 0.981 bits per heavy atom. The summed E-state index contributed by atoms with van der Waals surface area (Å²) in [6, 6.07) is 7.78. The maximum atomic E-state index is 11.6. The van der Waals surface area contributed by atoms with Crippen LogP contribution in [0.2, 0.25) is 0 Å². The molecule has 1 aliphatic heterocycles. The summed E-state index contributed by atoms with van der Waals surface area (Å²) in [7, 11) is 1.42. The first kappa shape index (κ1) is 38.0. The molecule has 53 heavy (non-hydrogen) atoms. The maximum absolute atomic E-state index is 11.6. The summed E-state index contributed by atoms with van der Waals surface area (Å²) in [6.45, 7) is 1.71. The molecule has 1 saturated heterocycles. The first-order valence-electron chi connectivity index (χ1n) is 19.9. The Labute approximate surface area is 312 Å². The lowest BCUT2D eigenvalue weighted by atomic mass is 9.67. The number of methoxy groups -OCH3 is 1. The number of benzene rings is 2. The fourth-order valence-corrected chi connectivity index (χ4v) is 10.6. The van der Waals surface area contributed by atoms with E-state index in [2.05, 4.69) is 18.0 Å². The molecule has 0 bridgehead atoms. The third kappa shape index (κ3) is 7.67. The van der Waals surface area contributed by atoms with Crippen LogP contribution in [-0.4, -0.2) is 66.8 Å². The minimum absolute atomic E-state index is 0.00321. The van der Waals surface area contributed by atoms with Gasteiger partial charge in [0.05, 0.1) is 43.7 Å².